The molecule has 4 aromatic heterocycles. The number of hydrogen-bond donors (Lipinski definition) is 1. The summed E-state index contributed by atoms with van der Waals surface area (Å²) in [5.41, 5.74) is 3.59. The van der Waals surface area contributed by atoms with Crippen LogP contribution in [0.25, 0.3) is 22.3 Å². The Kier molecular flexibility index (Phi) is 4.31. The van der Waals surface area contributed by atoms with Crippen molar-refractivity contribution in [3.63, 3.8) is 0 Å². The van der Waals surface area contributed by atoms with Crippen LogP contribution in [0.3, 0.4) is 0 Å². The quantitative estimate of drug-likeness (QED) is 0.573. The summed E-state index contributed by atoms with van der Waals surface area (Å²) in [6, 6.07) is 5.63. The minimum atomic E-state index is -0.971. The van der Waals surface area contributed by atoms with E-state index in [0.717, 1.165) is 28.8 Å². The number of piperidine rings is 1. The minimum absolute atomic E-state index is 0.313. The van der Waals surface area contributed by atoms with Gasteiger partial charge in [0.15, 0.2) is 0 Å². The highest BCUT2D eigenvalue weighted by Gasteiger charge is 2.28. The Balaban J connectivity index is 1.52. The zero-order valence-electron chi connectivity index (χ0n) is 16.3. The maximum atomic E-state index is 14.4. The van der Waals surface area contributed by atoms with Gasteiger partial charge in [-0.3, -0.25) is 0 Å². The lowest BCUT2D eigenvalue weighted by molar-refractivity contribution is 0.149. The van der Waals surface area contributed by atoms with E-state index in [1.807, 2.05) is 53.1 Å². The second-order valence-electron chi connectivity index (χ2n) is 7.40. The fourth-order valence-electron chi connectivity index (χ4n) is 3.89. The Labute approximate surface area is 166 Å². The van der Waals surface area contributed by atoms with E-state index in [-0.39, 0.29) is 6.04 Å². The molecule has 5 heterocycles. The first-order valence-electron chi connectivity index (χ1n) is 9.58. The van der Waals surface area contributed by atoms with Crippen molar-refractivity contribution in [3.05, 3.63) is 43.0 Å². The van der Waals surface area contributed by atoms with E-state index in [9.17, 15) is 4.39 Å². The molecular weight excluding hydrogens is 373 g/mol. The van der Waals surface area contributed by atoms with Gasteiger partial charge in [0.05, 0.1) is 13.2 Å². The second-order valence-corrected chi connectivity index (χ2v) is 7.40. The van der Waals surface area contributed by atoms with Crippen molar-refractivity contribution < 1.29 is 9.13 Å². The monoisotopic (exact) mass is 395 g/mol. The predicted octanol–water partition coefficient (Wildman–Crippen LogP) is 2.51. The minimum Gasteiger partial charge on any atom is -0.479 e. The van der Waals surface area contributed by atoms with Gasteiger partial charge in [-0.25, -0.2) is 13.9 Å². The van der Waals surface area contributed by atoms with E-state index >= 15 is 0 Å². The Morgan fingerprint density at radius 3 is 2.97 bits per heavy atom. The number of imidazole rings is 1. The fourth-order valence-corrected chi connectivity index (χ4v) is 3.89. The number of nitrogens with one attached hydrogen (secondary N) is 1. The number of alkyl halides is 1. The van der Waals surface area contributed by atoms with Crippen LogP contribution in [0, 0.1) is 0 Å². The summed E-state index contributed by atoms with van der Waals surface area (Å²) in [6.45, 7) is 1.24. The molecule has 9 heteroatoms. The topological polar surface area (TPSA) is 72.0 Å². The average molecular weight is 395 g/mol. The van der Waals surface area contributed by atoms with Crippen molar-refractivity contribution in [2.24, 2.45) is 0 Å². The molecular formula is C20H22FN7O. The molecule has 0 bridgehead atoms. The van der Waals surface area contributed by atoms with Crippen LogP contribution in [-0.4, -0.2) is 68.3 Å². The highest BCUT2D eigenvalue weighted by molar-refractivity contribution is 5.84. The summed E-state index contributed by atoms with van der Waals surface area (Å²) < 4.78 is 23.7. The number of methoxy groups -OCH3 is 1. The largest absolute Gasteiger partial charge is 0.479 e. The smallest absolute Gasteiger partial charge is 0.244 e. The van der Waals surface area contributed by atoms with Gasteiger partial charge in [0.25, 0.3) is 0 Å². The van der Waals surface area contributed by atoms with Gasteiger partial charge in [0.1, 0.15) is 17.3 Å². The number of aromatic nitrogens is 5. The van der Waals surface area contributed by atoms with Gasteiger partial charge in [-0.1, -0.05) is 0 Å². The van der Waals surface area contributed by atoms with Gasteiger partial charge in [-0.05, 0) is 31.7 Å². The van der Waals surface area contributed by atoms with Crippen molar-refractivity contribution >= 4 is 17.1 Å². The molecule has 1 saturated heterocycles. The number of anilines is 1. The fraction of sp³-hybridized carbons (Fsp3) is 0.350. The third-order valence-corrected chi connectivity index (χ3v) is 5.43. The number of halogens is 1. The zero-order chi connectivity index (χ0) is 20.0. The highest BCUT2D eigenvalue weighted by atomic mass is 19.1. The van der Waals surface area contributed by atoms with Crippen LogP contribution in [0.15, 0.2) is 43.0 Å². The first-order chi connectivity index (χ1) is 14.1. The molecule has 0 amide bonds. The SMILES string of the molecule is COc1nc(N[C@H]2CCN(C)C[C@H]2F)nn2ccc(-c3ccc4nccn4c3)c12. The highest BCUT2D eigenvalue weighted by Crippen LogP contribution is 2.31. The second kappa shape index (κ2) is 7.00. The molecule has 29 heavy (non-hydrogen) atoms. The number of nitrogens with zero attached hydrogens (tertiary/aromatic N) is 6. The van der Waals surface area contributed by atoms with Gasteiger partial charge in [-0.2, -0.15) is 4.98 Å². The molecule has 150 valence electrons. The molecule has 5 rings (SSSR count). The lowest BCUT2D eigenvalue weighted by Crippen LogP contribution is -2.46. The van der Waals surface area contributed by atoms with Crippen LogP contribution in [0.2, 0.25) is 0 Å². The molecule has 0 aromatic carbocycles. The van der Waals surface area contributed by atoms with Crippen molar-refractivity contribution in [1.82, 2.24) is 28.9 Å². The van der Waals surface area contributed by atoms with E-state index in [4.69, 9.17) is 4.74 Å². The Morgan fingerprint density at radius 2 is 2.14 bits per heavy atom. The van der Waals surface area contributed by atoms with Crippen molar-refractivity contribution in [1.29, 1.82) is 0 Å². The molecule has 8 nitrogen and oxygen atoms in total. The number of likely N-dealkylation sites (tertiary alicyclic amines) is 1. The van der Waals surface area contributed by atoms with Crippen molar-refractivity contribution in [2.45, 2.75) is 18.6 Å². The maximum absolute atomic E-state index is 14.4. The molecule has 0 saturated carbocycles. The summed E-state index contributed by atoms with van der Waals surface area (Å²) in [4.78, 5) is 10.8. The van der Waals surface area contributed by atoms with Gasteiger partial charge in [-0.15, -0.1) is 5.10 Å². The molecule has 0 unspecified atom stereocenters. The number of pyridine rings is 1. The zero-order valence-corrected chi connectivity index (χ0v) is 16.3. The number of rotatable bonds is 4. The molecule has 1 aliphatic rings. The third kappa shape index (κ3) is 3.17. The molecule has 1 aliphatic heterocycles. The summed E-state index contributed by atoms with van der Waals surface area (Å²) in [5, 5.41) is 7.70. The number of hydrogen-bond acceptors (Lipinski definition) is 6. The first kappa shape index (κ1) is 17.9. The predicted molar refractivity (Wildman–Crippen MR) is 108 cm³/mol. The van der Waals surface area contributed by atoms with Gasteiger partial charge in [0.2, 0.25) is 11.8 Å². The van der Waals surface area contributed by atoms with Crippen LogP contribution < -0.4 is 10.1 Å². The standard InChI is InChI=1S/C20H22FN7O/c1-26-8-6-16(15(21)12-26)23-20-24-19(29-2)18-14(5-9-28(18)25-20)13-3-4-17-22-7-10-27(17)11-13/h3-5,7,9-11,15-16H,6,8,12H2,1-2H3,(H,23,25)/t15-,16+/m1/s1. The van der Waals surface area contributed by atoms with E-state index in [0.29, 0.717) is 24.8 Å². The Morgan fingerprint density at radius 1 is 1.24 bits per heavy atom. The average Bonchev–Trinajstić information content (AvgIpc) is 3.35. The molecule has 1 fully saturated rings. The maximum Gasteiger partial charge on any atom is 0.244 e. The van der Waals surface area contributed by atoms with Gasteiger partial charge in [0, 0.05) is 49.0 Å². The first-order valence-corrected chi connectivity index (χ1v) is 9.58. The molecule has 1 N–H and O–H groups in total. The molecule has 2 atom stereocenters. The number of ether oxygens (including phenoxy) is 1. The summed E-state index contributed by atoms with van der Waals surface area (Å²) in [5.74, 6) is 0.801. The third-order valence-electron chi connectivity index (χ3n) is 5.43. The van der Waals surface area contributed by atoms with Crippen LogP contribution in [0.4, 0.5) is 10.3 Å². The van der Waals surface area contributed by atoms with Gasteiger partial charge >= 0.3 is 0 Å². The normalized spacial score (nSPS) is 20.4. The molecule has 0 radical (unpaired) electrons. The van der Waals surface area contributed by atoms with Crippen LogP contribution in [0.1, 0.15) is 6.42 Å². The molecule has 4 aromatic rings. The lowest BCUT2D eigenvalue weighted by Gasteiger charge is -2.32. The van der Waals surface area contributed by atoms with Crippen molar-refractivity contribution in [2.75, 3.05) is 32.6 Å². The van der Waals surface area contributed by atoms with Gasteiger partial charge < -0.3 is 19.4 Å². The van der Waals surface area contributed by atoms with E-state index < -0.39 is 6.17 Å². The van der Waals surface area contributed by atoms with Crippen molar-refractivity contribution in [3.8, 4) is 17.0 Å². The van der Waals surface area contributed by atoms with E-state index in [2.05, 4.69) is 20.4 Å². The van der Waals surface area contributed by atoms with Crippen LogP contribution >= 0.6 is 0 Å². The van der Waals surface area contributed by atoms with E-state index in [1.54, 1.807) is 17.8 Å². The Hall–Kier alpha value is -3.20. The number of fused-ring (bicyclic) bond motifs is 2. The lowest BCUT2D eigenvalue weighted by atomic mass is 10.0. The molecule has 0 aliphatic carbocycles. The van der Waals surface area contributed by atoms with E-state index in [1.165, 1.54) is 0 Å². The summed E-state index contributed by atoms with van der Waals surface area (Å²) in [6.07, 6.45) is 7.27. The van der Waals surface area contributed by atoms with Crippen LogP contribution in [0.5, 0.6) is 5.88 Å². The summed E-state index contributed by atoms with van der Waals surface area (Å²) >= 11 is 0. The Bertz CT molecular complexity index is 1170. The van der Waals surface area contributed by atoms with Crippen LogP contribution in [-0.2, 0) is 0 Å². The summed E-state index contributed by atoms with van der Waals surface area (Å²) in [7, 11) is 3.51. The molecule has 0 spiro atoms.